The van der Waals surface area contributed by atoms with Crippen LogP contribution in [0, 0.1) is 17.2 Å². The first-order chi connectivity index (χ1) is 5.74. The van der Waals surface area contributed by atoms with Crippen LogP contribution < -0.4 is 5.32 Å². The van der Waals surface area contributed by atoms with Gasteiger partial charge in [-0.3, -0.25) is 4.79 Å². The van der Waals surface area contributed by atoms with Crippen molar-refractivity contribution in [3.8, 4) is 6.07 Å². The second kappa shape index (κ2) is 3.91. The van der Waals surface area contributed by atoms with Gasteiger partial charge in [0, 0.05) is 6.04 Å². The molecule has 64 valence electrons. The van der Waals surface area contributed by atoms with Crippen LogP contribution >= 0.6 is 0 Å². The summed E-state index contributed by atoms with van der Waals surface area (Å²) < 4.78 is 0. The second-order valence-corrected chi connectivity index (χ2v) is 3.00. The molecule has 1 aliphatic carbocycles. The van der Waals surface area contributed by atoms with Gasteiger partial charge < -0.3 is 5.32 Å². The summed E-state index contributed by atoms with van der Waals surface area (Å²) in [5.41, 5.74) is 0. The monoisotopic (exact) mass is 164 g/mol. The molecular weight excluding hydrogens is 152 g/mol. The fourth-order valence-electron chi connectivity index (χ4n) is 1.12. The highest BCUT2D eigenvalue weighted by Crippen LogP contribution is 2.09. The molecule has 1 aliphatic rings. The van der Waals surface area contributed by atoms with Crippen LogP contribution in [-0.4, -0.2) is 11.9 Å². The zero-order valence-electron chi connectivity index (χ0n) is 7.08. The highest BCUT2D eigenvalue weighted by molar-refractivity contribution is 5.80. The SMILES string of the molecule is CC(C#N)C(=O)NC1CC=CC1. The molecule has 0 aromatic heterocycles. The van der Waals surface area contributed by atoms with E-state index in [1.54, 1.807) is 6.92 Å². The van der Waals surface area contributed by atoms with E-state index in [9.17, 15) is 4.79 Å². The molecule has 1 N–H and O–H groups in total. The summed E-state index contributed by atoms with van der Waals surface area (Å²) in [7, 11) is 0. The van der Waals surface area contributed by atoms with Gasteiger partial charge in [0.2, 0.25) is 5.91 Å². The summed E-state index contributed by atoms with van der Waals surface area (Å²) in [6.45, 7) is 1.61. The van der Waals surface area contributed by atoms with E-state index >= 15 is 0 Å². The van der Waals surface area contributed by atoms with Gasteiger partial charge in [-0.05, 0) is 19.8 Å². The van der Waals surface area contributed by atoms with E-state index in [2.05, 4.69) is 5.32 Å². The minimum Gasteiger partial charge on any atom is -0.352 e. The Balaban J connectivity index is 2.32. The number of hydrogen-bond acceptors (Lipinski definition) is 2. The number of nitrogens with zero attached hydrogens (tertiary/aromatic N) is 1. The first-order valence-corrected chi connectivity index (χ1v) is 4.09. The second-order valence-electron chi connectivity index (χ2n) is 3.00. The number of nitriles is 1. The molecule has 0 saturated heterocycles. The maximum absolute atomic E-state index is 11.2. The Hall–Kier alpha value is -1.30. The normalized spacial score (nSPS) is 18.7. The third-order valence-corrected chi connectivity index (χ3v) is 1.94. The molecule has 1 amide bonds. The standard InChI is InChI=1S/C9H12N2O/c1-7(6-10)9(12)11-8-4-2-3-5-8/h2-3,7-8H,4-5H2,1H3,(H,11,12). The van der Waals surface area contributed by atoms with Crippen molar-refractivity contribution in [3.05, 3.63) is 12.2 Å². The van der Waals surface area contributed by atoms with E-state index < -0.39 is 5.92 Å². The lowest BCUT2D eigenvalue weighted by molar-refractivity contribution is -0.123. The molecule has 12 heavy (non-hydrogen) atoms. The topological polar surface area (TPSA) is 52.9 Å². The number of carbonyl (C=O) groups is 1. The molecule has 3 heteroatoms. The van der Waals surface area contributed by atoms with Crippen molar-refractivity contribution in [3.63, 3.8) is 0 Å². The average Bonchev–Trinajstić information content (AvgIpc) is 2.55. The molecule has 1 unspecified atom stereocenters. The van der Waals surface area contributed by atoms with Gasteiger partial charge >= 0.3 is 0 Å². The van der Waals surface area contributed by atoms with E-state index in [4.69, 9.17) is 5.26 Å². The van der Waals surface area contributed by atoms with Crippen LogP contribution in [0.3, 0.4) is 0 Å². The van der Waals surface area contributed by atoms with Crippen molar-refractivity contribution in [2.75, 3.05) is 0 Å². The number of carbonyl (C=O) groups excluding carboxylic acids is 1. The minimum atomic E-state index is -0.536. The van der Waals surface area contributed by atoms with Crippen LogP contribution in [0.15, 0.2) is 12.2 Å². The summed E-state index contributed by atoms with van der Waals surface area (Å²) in [4.78, 5) is 11.2. The fraction of sp³-hybridized carbons (Fsp3) is 0.556. The Kier molecular flexibility index (Phi) is 2.87. The predicted molar refractivity (Wildman–Crippen MR) is 45.1 cm³/mol. The van der Waals surface area contributed by atoms with Crippen LogP contribution in [0.1, 0.15) is 19.8 Å². The summed E-state index contributed by atoms with van der Waals surface area (Å²) in [6.07, 6.45) is 5.87. The summed E-state index contributed by atoms with van der Waals surface area (Å²) in [5, 5.41) is 11.3. The number of hydrogen-bond donors (Lipinski definition) is 1. The lowest BCUT2D eigenvalue weighted by Crippen LogP contribution is -2.36. The largest absolute Gasteiger partial charge is 0.352 e. The van der Waals surface area contributed by atoms with E-state index in [0.29, 0.717) is 0 Å². The zero-order chi connectivity index (χ0) is 8.97. The highest BCUT2D eigenvalue weighted by atomic mass is 16.1. The maximum Gasteiger partial charge on any atom is 0.237 e. The van der Waals surface area contributed by atoms with Gasteiger partial charge in [-0.1, -0.05) is 12.2 Å². The van der Waals surface area contributed by atoms with Crippen LogP contribution in [-0.2, 0) is 4.79 Å². The van der Waals surface area contributed by atoms with Crippen LogP contribution in [0.5, 0.6) is 0 Å². The van der Waals surface area contributed by atoms with E-state index in [0.717, 1.165) is 12.8 Å². The molecule has 0 aromatic carbocycles. The fourth-order valence-corrected chi connectivity index (χ4v) is 1.12. The van der Waals surface area contributed by atoms with Gasteiger partial charge in [0.15, 0.2) is 0 Å². The summed E-state index contributed by atoms with van der Waals surface area (Å²) in [5.74, 6) is -0.697. The third-order valence-electron chi connectivity index (χ3n) is 1.94. The third kappa shape index (κ3) is 2.09. The average molecular weight is 164 g/mol. The van der Waals surface area contributed by atoms with Gasteiger partial charge in [-0.2, -0.15) is 5.26 Å². The molecule has 1 atom stereocenters. The highest BCUT2D eigenvalue weighted by Gasteiger charge is 2.17. The van der Waals surface area contributed by atoms with Crippen LogP contribution in [0.25, 0.3) is 0 Å². The number of rotatable bonds is 2. The molecule has 0 fully saturated rings. The van der Waals surface area contributed by atoms with Crippen molar-refractivity contribution in [2.45, 2.75) is 25.8 Å². The van der Waals surface area contributed by atoms with E-state index in [1.807, 2.05) is 18.2 Å². The molecule has 0 aromatic rings. The summed E-state index contributed by atoms with van der Waals surface area (Å²) >= 11 is 0. The Morgan fingerprint density at radius 3 is 2.75 bits per heavy atom. The molecule has 0 aliphatic heterocycles. The van der Waals surface area contributed by atoms with Crippen molar-refractivity contribution in [1.29, 1.82) is 5.26 Å². The van der Waals surface area contributed by atoms with Gasteiger partial charge in [0.05, 0.1) is 6.07 Å². The first-order valence-electron chi connectivity index (χ1n) is 4.09. The molecule has 1 rings (SSSR count). The zero-order valence-corrected chi connectivity index (χ0v) is 7.08. The van der Waals surface area contributed by atoms with E-state index in [-0.39, 0.29) is 11.9 Å². The number of nitrogens with one attached hydrogen (secondary N) is 1. The predicted octanol–water partition coefficient (Wildman–Crippen LogP) is 0.981. The molecule has 0 heterocycles. The van der Waals surface area contributed by atoms with Crippen molar-refractivity contribution in [1.82, 2.24) is 5.32 Å². The maximum atomic E-state index is 11.2. The van der Waals surface area contributed by atoms with Gasteiger partial charge in [-0.25, -0.2) is 0 Å². The van der Waals surface area contributed by atoms with Gasteiger partial charge in [-0.15, -0.1) is 0 Å². The van der Waals surface area contributed by atoms with Crippen LogP contribution in [0.4, 0.5) is 0 Å². The number of amides is 1. The molecule has 0 radical (unpaired) electrons. The Bertz CT molecular complexity index is 231. The summed E-state index contributed by atoms with van der Waals surface area (Å²) in [6, 6.07) is 2.12. The van der Waals surface area contributed by atoms with Crippen LogP contribution in [0.2, 0.25) is 0 Å². The van der Waals surface area contributed by atoms with E-state index in [1.165, 1.54) is 0 Å². The Labute approximate surface area is 72.1 Å². The van der Waals surface area contributed by atoms with Crippen molar-refractivity contribution < 1.29 is 4.79 Å². The van der Waals surface area contributed by atoms with Crippen molar-refractivity contribution >= 4 is 5.91 Å². The molecular formula is C9H12N2O. The molecule has 0 saturated carbocycles. The molecule has 3 nitrogen and oxygen atoms in total. The molecule has 0 bridgehead atoms. The lowest BCUT2D eigenvalue weighted by atomic mass is 10.1. The van der Waals surface area contributed by atoms with Gasteiger partial charge in [0.1, 0.15) is 5.92 Å². The first kappa shape index (κ1) is 8.79. The van der Waals surface area contributed by atoms with Gasteiger partial charge in [0.25, 0.3) is 0 Å². The molecule has 0 spiro atoms. The Morgan fingerprint density at radius 1 is 1.67 bits per heavy atom. The van der Waals surface area contributed by atoms with Crippen molar-refractivity contribution in [2.24, 2.45) is 5.92 Å². The minimum absolute atomic E-state index is 0.161. The lowest BCUT2D eigenvalue weighted by Gasteiger charge is -2.12. The quantitative estimate of drug-likeness (QED) is 0.618. The smallest absolute Gasteiger partial charge is 0.237 e. The Morgan fingerprint density at radius 2 is 2.25 bits per heavy atom.